The van der Waals surface area contributed by atoms with Crippen LogP contribution in [0.4, 0.5) is 18.9 Å². The highest BCUT2D eigenvalue weighted by atomic mass is 19.4. The fraction of sp³-hybridized carbons (Fsp3) is 0.417. The molecule has 0 fully saturated rings. The summed E-state index contributed by atoms with van der Waals surface area (Å²) in [4.78, 5) is 11.4. The molecule has 0 aromatic heterocycles. The molecule has 1 amide bonds. The molecule has 0 saturated carbocycles. The number of hydrogen-bond donors (Lipinski definition) is 2. The van der Waals surface area contributed by atoms with E-state index in [1.54, 1.807) is 6.92 Å². The second-order valence-corrected chi connectivity index (χ2v) is 3.89. The molecule has 0 bridgehead atoms. The molecule has 1 aromatic rings. The Kier molecular flexibility index (Phi) is 4.72. The number of rotatable bonds is 4. The minimum absolute atomic E-state index is 0.0719. The van der Waals surface area contributed by atoms with E-state index in [2.05, 4.69) is 5.32 Å². The molecule has 2 N–H and O–H groups in total. The van der Waals surface area contributed by atoms with Crippen LogP contribution in [0.5, 0.6) is 0 Å². The number of aliphatic hydroxyl groups is 1. The molecular formula is C12H14F3NO2. The van der Waals surface area contributed by atoms with Gasteiger partial charge in [0, 0.05) is 5.69 Å². The summed E-state index contributed by atoms with van der Waals surface area (Å²) < 4.78 is 36.8. The number of alkyl halides is 3. The van der Waals surface area contributed by atoms with Crippen molar-refractivity contribution in [2.24, 2.45) is 0 Å². The molecule has 3 nitrogen and oxygen atoms in total. The molecular weight excluding hydrogens is 247 g/mol. The first-order valence-electron chi connectivity index (χ1n) is 5.48. The highest BCUT2D eigenvalue weighted by molar-refractivity contribution is 5.90. The van der Waals surface area contributed by atoms with Gasteiger partial charge in [0.2, 0.25) is 5.91 Å². The minimum atomic E-state index is -4.39. The summed E-state index contributed by atoms with van der Waals surface area (Å²) in [5, 5.41) is 11.7. The summed E-state index contributed by atoms with van der Waals surface area (Å²) in [5.41, 5.74) is -0.495. The van der Waals surface area contributed by atoms with Crippen molar-refractivity contribution in [2.75, 3.05) is 5.32 Å². The van der Waals surface area contributed by atoms with Gasteiger partial charge in [-0.25, -0.2) is 0 Å². The average molecular weight is 261 g/mol. The zero-order valence-corrected chi connectivity index (χ0v) is 9.79. The number of nitrogens with one attached hydrogen (secondary N) is 1. The second-order valence-electron chi connectivity index (χ2n) is 3.89. The zero-order valence-electron chi connectivity index (χ0n) is 9.79. The lowest BCUT2D eigenvalue weighted by atomic mass is 10.1. The van der Waals surface area contributed by atoms with Crippen molar-refractivity contribution in [2.45, 2.75) is 32.0 Å². The van der Waals surface area contributed by atoms with E-state index < -0.39 is 23.8 Å². The van der Waals surface area contributed by atoms with Crippen LogP contribution in [-0.2, 0) is 11.0 Å². The summed E-state index contributed by atoms with van der Waals surface area (Å²) >= 11 is 0. The van der Waals surface area contributed by atoms with Crippen molar-refractivity contribution in [3.63, 3.8) is 0 Å². The number of carbonyl (C=O) groups excluding carboxylic acids is 1. The van der Waals surface area contributed by atoms with Crippen LogP contribution < -0.4 is 5.32 Å². The maximum Gasteiger partial charge on any atom is 0.416 e. The summed E-state index contributed by atoms with van der Waals surface area (Å²) in [6, 6.07) is 4.15. The molecule has 100 valence electrons. The standard InChI is InChI=1S/C12H14F3NO2/c1-2-10(17)7-11(18)16-9-5-3-8(4-6-9)12(13,14)15/h3-6,10,17H,2,7H2,1H3,(H,16,18)/t10-/m0/s1. The van der Waals surface area contributed by atoms with Gasteiger partial charge in [-0.05, 0) is 30.7 Å². The molecule has 0 radical (unpaired) electrons. The van der Waals surface area contributed by atoms with E-state index in [4.69, 9.17) is 0 Å². The number of aliphatic hydroxyl groups excluding tert-OH is 1. The summed E-state index contributed by atoms with van der Waals surface area (Å²) in [6.45, 7) is 1.73. The number of anilines is 1. The van der Waals surface area contributed by atoms with Crippen LogP contribution in [-0.4, -0.2) is 17.1 Å². The van der Waals surface area contributed by atoms with Crippen LogP contribution in [0.1, 0.15) is 25.3 Å². The van der Waals surface area contributed by atoms with Crippen LogP contribution in [0.25, 0.3) is 0 Å². The number of amides is 1. The van der Waals surface area contributed by atoms with Crippen molar-refractivity contribution in [3.05, 3.63) is 29.8 Å². The summed E-state index contributed by atoms with van der Waals surface area (Å²) in [6.07, 6.45) is -4.75. The molecule has 0 aliphatic carbocycles. The number of halogens is 3. The average Bonchev–Trinajstić information content (AvgIpc) is 2.28. The Hall–Kier alpha value is -1.56. The van der Waals surface area contributed by atoms with E-state index in [9.17, 15) is 23.1 Å². The Labute approximate surface area is 103 Å². The van der Waals surface area contributed by atoms with Crippen molar-refractivity contribution < 1.29 is 23.1 Å². The van der Waals surface area contributed by atoms with Gasteiger partial charge in [-0.1, -0.05) is 6.92 Å². The van der Waals surface area contributed by atoms with Gasteiger partial charge in [-0.3, -0.25) is 4.79 Å². The Morgan fingerprint density at radius 2 is 1.89 bits per heavy atom. The molecule has 18 heavy (non-hydrogen) atoms. The fourth-order valence-corrected chi connectivity index (χ4v) is 1.31. The Bertz CT molecular complexity index is 401. The topological polar surface area (TPSA) is 49.3 Å². The first-order valence-corrected chi connectivity index (χ1v) is 5.48. The van der Waals surface area contributed by atoms with Gasteiger partial charge in [0.15, 0.2) is 0 Å². The summed E-state index contributed by atoms with van der Waals surface area (Å²) in [7, 11) is 0. The molecule has 1 rings (SSSR count). The smallest absolute Gasteiger partial charge is 0.393 e. The van der Waals surface area contributed by atoms with Crippen molar-refractivity contribution in [1.82, 2.24) is 0 Å². The Balaban J connectivity index is 2.61. The van der Waals surface area contributed by atoms with Gasteiger partial charge >= 0.3 is 6.18 Å². The van der Waals surface area contributed by atoms with Crippen LogP contribution in [0.3, 0.4) is 0 Å². The van der Waals surface area contributed by atoms with E-state index in [0.717, 1.165) is 12.1 Å². The minimum Gasteiger partial charge on any atom is -0.393 e. The molecule has 1 aromatic carbocycles. The molecule has 0 spiro atoms. The van der Waals surface area contributed by atoms with Gasteiger partial charge < -0.3 is 10.4 Å². The normalized spacial score (nSPS) is 13.2. The van der Waals surface area contributed by atoms with E-state index in [0.29, 0.717) is 6.42 Å². The predicted molar refractivity (Wildman–Crippen MR) is 61.0 cm³/mol. The number of hydrogen-bond acceptors (Lipinski definition) is 2. The van der Waals surface area contributed by atoms with E-state index >= 15 is 0 Å². The molecule has 0 aliphatic heterocycles. The van der Waals surface area contributed by atoms with E-state index in [-0.39, 0.29) is 12.1 Å². The quantitative estimate of drug-likeness (QED) is 0.875. The third-order valence-electron chi connectivity index (χ3n) is 2.39. The largest absolute Gasteiger partial charge is 0.416 e. The Morgan fingerprint density at radius 1 is 1.33 bits per heavy atom. The number of carbonyl (C=O) groups is 1. The van der Waals surface area contributed by atoms with Gasteiger partial charge in [-0.2, -0.15) is 13.2 Å². The van der Waals surface area contributed by atoms with Crippen molar-refractivity contribution in [3.8, 4) is 0 Å². The maximum absolute atomic E-state index is 12.3. The first-order chi connectivity index (χ1) is 8.32. The predicted octanol–water partition coefficient (Wildman–Crippen LogP) is 2.80. The second kappa shape index (κ2) is 5.86. The third kappa shape index (κ3) is 4.37. The molecule has 6 heteroatoms. The maximum atomic E-state index is 12.3. The molecule has 0 saturated heterocycles. The molecule has 0 heterocycles. The van der Waals surface area contributed by atoms with Crippen LogP contribution in [0.15, 0.2) is 24.3 Å². The van der Waals surface area contributed by atoms with Crippen LogP contribution in [0.2, 0.25) is 0 Å². The fourth-order valence-electron chi connectivity index (χ4n) is 1.31. The van der Waals surface area contributed by atoms with Crippen LogP contribution in [0, 0.1) is 0 Å². The molecule has 1 atom stereocenters. The number of benzene rings is 1. The highest BCUT2D eigenvalue weighted by Crippen LogP contribution is 2.29. The van der Waals surface area contributed by atoms with E-state index in [1.165, 1.54) is 12.1 Å². The van der Waals surface area contributed by atoms with Crippen LogP contribution >= 0.6 is 0 Å². The third-order valence-corrected chi connectivity index (χ3v) is 2.39. The van der Waals surface area contributed by atoms with Crippen molar-refractivity contribution >= 4 is 11.6 Å². The molecule has 0 unspecified atom stereocenters. The SMILES string of the molecule is CC[C@H](O)CC(=O)Nc1ccc(C(F)(F)F)cc1. The summed E-state index contributed by atoms with van der Waals surface area (Å²) in [5.74, 6) is -0.427. The lowest BCUT2D eigenvalue weighted by Crippen LogP contribution is -2.19. The van der Waals surface area contributed by atoms with Gasteiger partial charge in [0.05, 0.1) is 18.1 Å². The Morgan fingerprint density at radius 3 is 2.33 bits per heavy atom. The highest BCUT2D eigenvalue weighted by Gasteiger charge is 2.29. The lowest BCUT2D eigenvalue weighted by Gasteiger charge is -2.10. The monoisotopic (exact) mass is 261 g/mol. The van der Waals surface area contributed by atoms with Gasteiger partial charge in [-0.15, -0.1) is 0 Å². The van der Waals surface area contributed by atoms with E-state index in [1.807, 2.05) is 0 Å². The molecule has 0 aliphatic rings. The van der Waals surface area contributed by atoms with Gasteiger partial charge in [0.1, 0.15) is 0 Å². The zero-order chi connectivity index (χ0) is 13.8. The van der Waals surface area contributed by atoms with Crippen molar-refractivity contribution in [1.29, 1.82) is 0 Å². The van der Waals surface area contributed by atoms with Gasteiger partial charge in [0.25, 0.3) is 0 Å². The lowest BCUT2D eigenvalue weighted by molar-refractivity contribution is -0.137. The first kappa shape index (κ1) is 14.5.